The van der Waals surface area contributed by atoms with Gasteiger partial charge in [-0.3, -0.25) is 9.59 Å². The average Bonchev–Trinajstić information content (AvgIpc) is 2.61. The highest BCUT2D eigenvalue weighted by atomic mass is 35.5. The van der Waals surface area contributed by atoms with E-state index in [-0.39, 0.29) is 18.4 Å². The minimum Gasteiger partial charge on any atom is -0.492 e. The van der Waals surface area contributed by atoms with E-state index in [1.807, 2.05) is 43.3 Å². The molecular weight excluding hydrogens is 352 g/mol. The van der Waals surface area contributed by atoms with E-state index in [0.717, 1.165) is 5.56 Å². The number of nitrogens with zero attached hydrogens (tertiary/aromatic N) is 1. The van der Waals surface area contributed by atoms with Gasteiger partial charge in [0, 0.05) is 18.5 Å². The largest absolute Gasteiger partial charge is 0.492 e. The Labute approximate surface area is 158 Å². The van der Waals surface area contributed by atoms with Gasteiger partial charge in [-0.05, 0) is 43.2 Å². The van der Waals surface area contributed by atoms with Crippen LogP contribution >= 0.6 is 11.6 Å². The average molecular weight is 375 g/mol. The quantitative estimate of drug-likeness (QED) is 0.765. The number of ether oxygens (including phenoxy) is 1. The molecule has 2 amide bonds. The topological polar surface area (TPSA) is 58.6 Å². The maximum Gasteiger partial charge on any atom is 0.244 e. The van der Waals surface area contributed by atoms with Crippen LogP contribution in [0.2, 0.25) is 5.02 Å². The molecule has 0 spiro atoms. The molecule has 1 N–H and O–H groups in total. The summed E-state index contributed by atoms with van der Waals surface area (Å²) >= 11 is 5.88. The van der Waals surface area contributed by atoms with Gasteiger partial charge < -0.3 is 15.0 Å². The van der Waals surface area contributed by atoms with Crippen molar-refractivity contribution in [3.8, 4) is 5.75 Å². The van der Waals surface area contributed by atoms with Crippen molar-refractivity contribution >= 4 is 29.1 Å². The van der Waals surface area contributed by atoms with Crippen LogP contribution in [-0.2, 0) is 16.0 Å². The Morgan fingerprint density at radius 1 is 1.12 bits per heavy atom. The summed E-state index contributed by atoms with van der Waals surface area (Å²) < 4.78 is 5.50. The van der Waals surface area contributed by atoms with Crippen LogP contribution in [0, 0.1) is 0 Å². The van der Waals surface area contributed by atoms with Crippen molar-refractivity contribution in [3.63, 3.8) is 0 Å². The number of carbonyl (C=O) groups is 2. The lowest BCUT2D eigenvalue weighted by Gasteiger charge is -2.21. The molecule has 2 aromatic carbocycles. The van der Waals surface area contributed by atoms with Crippen LogP contribution in [0.15, 0.2) is 48.5 Å². The lowest BCUT2D eigenvalue weighted by Crippen LogP contribution is -2.38. The van der Waals surface area contributed by atoms with Crippen LogP contribution < -0.4 is 10.1 Å². The second kappa shape index (κ2) is 9.82. The summed E-state index contributed by atoms with van der Waals surface area (Å²) in [6.45, 7) is 4.30. The number of anilines is 1. The second-order valence-electron chi connectivity index (χ2n) is 5.79. The van der Waals surface area contributed by atoms with E-state index < -0.39 is 0 Å². The van der Waals surface area contributed by atoms with Crippen molar-refractivity contribution in [1.29, 1.82) is 0 Å². The van der Waals surface area contributed by atoms with Crippen molar-refractivity contribution in [2.45, 2.75) is 20.3 Å². The molecule has 0 aliphatic heterocycles. The van der Waals surface area contributed by atoms with Crippen molar-refractivity contribution in [2.75, 3.05) is 25.0 Å². The van der Waals surface area contributed by atoms with Gasteiger partial charge in [0.15, 0.2) is 0 Å². The van der Waals surface area contributed by atoms with Crippen LogP contribution in [0.1, 0.15) is 19.4 Å². The van der Waals surface area contributed by atoms with Gasteiger partial charge in [0.2, 0.25) is 11.8 Å². The Morgan fingerprint density at radius 3 is 2.46 bits per heavy atom. The SMILES string of the molecule is CCOc1ccccc1NC(=O)CN(CCc1ccc(Cl)cc1)C(C)=O. The van der Waals surface area contributed by atoms with Crippen molar-refractivity contribution < 1.29 is 14.3 Å². The van der Waals surface area contributed by atoms with E-state index in [9.17, 15) is 9.59 Å². The standard InChI is InChI=1S/C20H23ClN2O3/c1-3-26-19-7-5-4-6-18(19)22-20(25)14-23(15(2)24)13-12-16-8-10-17(21)11-9-16/h4-11H,3,12-14H2,1-2H3,(H,22,25). The summed E-state index contributed by atoms with van der Waals surface area (Å²) in [6, 6.07) is 14.7. The molecule has 0 aliphatic rings. The van der Waals surface area contributed by atoms with E-state index >= 15 is 0 Å². The molecule has 0 heterocycles. The maximum atomic E-state index is 12.4. The van der Waals surface area contributed by atoms with E-state index in [1.165, 1.54) is 11.8 Å². The summed E-state index contributed by atoms with van der Waals surface area (Å²) in [7, 11) is 0. The van der Waals surface area contributed by atoms with Gasteiger partial charge in [-0.1, -0.05) is 35.9 Å². The first-order valence-electron chi connectivity index (χ1n) is 8.51. The monoisotopic (exact) mass is 374 g/mol. The van der Waals surface area contributed by atoms with Gasteiger partial charge in [-0.2, -0.15) is 0 Å². The maximum absolute atomic E-state index is 12.4. The van der Waals surface area contributed by atoms with Crippen molar-refractivity contribution in [3.05, 3.63) is 59.1 Å². The molecule has 26 heavy (non-hydrogen) atoms. The Bertz CT molecular complexity index is 747. The van der Waals surface area contributed by atoms with Crippen molar-refractivity contribution in [1.82, 2.24) is 4.90 Å². The van der Waals surface area contributed by atoms with E-state index in [1.54, 1.807) is 12.1 Å². The van der Waals surface area contributed by atoms with Gasteiger partial charge in [-0.25, -0.2) is 0 Å². The molecule has 2 aromatic rings. The summed E-state index contributed by atoms with van der Waals surface area (Å²) in [4.78, 5) is 25.8. The molecule has 0 aromatic heterocycles. The summed E-state index contributed by atoms with van der Waals surface area (Å²) in [5.74, 6) is 0.203. The van der Waals surface area contributed by atoms with E-state index in [4.69, 9.17) is 16.3 Å². The van der Waals surface area contributed by atoms with Crippen LogP contribution in [0.25, 0.3) is 0 Å². The zero-order valence-corrected chi connectivity index (χ0v) is 15.8. The van der Waals surface area contributed by atoms with Crippen LogP contribution in [-0.4, -0.2) is 36.4 Å². The highest BCUT2D eigenvalue weighted by molar-refractivity contribution is 6.30. The first-order chi connectivity index (χ1) is 12.5. The van der Waals surface area contributed by atoms with Gasteiger partial charge >= 0.3 is 0 Å². The highest BCUT2D eigenvalue weighted by Crippen LogP contribution is 2.23. The zero-order chi connectivity index (χ0) is 18.9. The first-order valence-corrected chi connectivity index (χ1v) is 8.89. The number of carbonyl (C=O) groups excluding carboxylic acids is 2. The van der Waals surface area contributed by atoms with Gasteiger partial charge in [0.05, 0.1) is 18.8 Å². The Morgan fingerprint density at radius 2 is 1.81 bits per heavy atom. The number of nitrogens with one attached hydrogen (secondary N) is 1. The van der Waals surface area contributed by atoms with Gasteiger partial charge in [0.25, 0.3) is 0 Å². The van der Waals surface area contributed by atoms with Gasteiger partial charge in [0.1, 0.15) is 5.75 Å². The molecule has 0 unspecified atom stereocenters. The van der Waals surface area contributed by atoms with Crippen molar-refractivity contribution in [2.24, 2.45) is 0 Å². The number of rotatable bonds is 8. The Hall–Kier alpha value is -2.53. The zero-order valence-electron chi connectivity index (χ0n) is 15.0. The molecule has 0 saturated heterocycles. The summed E-state index contributed by atoms with van der Waals surface area (Å²) in [5.41, 5.74) is 1.66. The number of amides is 2. The molecule has 0 fully saturated rings. The lowest BCUT2D eigenvalue weighted by atomic mass is 10.1. The smallest absolute Gasteiger partial charge is 0.244 e. The fraction of sp³-hybridized carbons (Fsp3) is 0.300. The second-order valence-corrected chi connectivity index (χ2v) is 6.23. The third-order valence-electron chi connectivity index (χ3n) is 3.82. The molecule has 6 heteroatoms. The molecule has 0 atom stereocenters. The molecule has 0 aliphatic carbocycles. The highest BCUT2D eigenvalue weighted by Gasteiger charge is 2.15. The minimum atomic E-state index is -0.261. The molecule has 0 bridgehead atoms. The normalized spacial score (nSPS) is 10.3. The molecular formula is C20H23ClN2O3. The number of benzene rings is 2. The lowest BCUT2D eigenvalue weighted by molar-refractivity contribution is -0.132. The van der Waals surface area contributed by atoms with Gasteiger partial charge in [-0.15, -0.1) is 0 Å². The third-order valence-corrected chi connectivity index (χ3v) is 4.08. The third kappa shape index (κ3) is 6.08. The van der Waals surface area contributed by atoms with E-state index in [0.29, 0.717) is 36.0 Å². The van der Waals surface area contributed by atoms with Crippen LogP contribution in [0.4, 0.5) is 5.69 Å². The number of para-hydroxylation sites is 2. The predicted molar refractivity (Wildman–Crippen MR) is 104 cm³/mol. The van der Waals surface area contributed by atoms with Crippen LogP contribution in [0.5, 0.6) is 5.75 Å². The number of hydrogen-bond acceptors (Lipinski definition) is 3. The molecule has 138 valence electrons. The van der Waals surface area contributed by atoms with E-state index in [2.05, 4.69) is 5.32 Å². The Kier molecular flexibility index (Phi) is 7.48. The number of hydrogen-bond donors (Lipinski definition) is 1. The molecule has 5 nitrogen and oxygen atoms in total. The minimum absolute atomic E-state index is 0.0105. The molecule has 0 radical (unpaired) electrons. The summed E-state index contributed by atoms with van der Waals surface area (Å²) in [6.07, 6.45) is 0.652. The molecule has 0 saturated carbocycles. The fourth-order valence-electron chi connectivity index (χ4n) is 2.48. The summed E-state index contributed by atoms with van der Waals surface area (Å²) in [5, 5.41) is 3.48. The fourth-order valence-corrected chi connectivity index (χ4v) is 2.60. The first kappa shape index (κ1) is 19.8. The molecule has 2 rings (SSSR count). The Balaban J connectivity index is 1.95. The predicted octanol–water partition coefficient (Wildman–Crippen LogP) is 3.77. The van der Waals surface area contributed by atoms with Crippen LogP contribution in [0.3, 0.4) is 0 Å². The number of halogens is 1.